The van der Waals surface area contributed by atoms with Gasteiger partial charge in [0.05, 0.1) is 4.88 Å². The minimum absolute atomic E-state index is 0.0407. The molecule has 0 bridgehead atoms. The highest BCUT2D eigenvalue weighted by molar-refractivity contribution is 7.13. The van der Waals surface area contributed by atoms with Gasteiger partial charge < -0.3 is 10.6 Å². The summed E-state index contributed by atoms with van der Waals surface area (Å²) in [6, 6.07) is 5.44. The van der Waals surface area contributed by atoms with Gasteiger partial charge in [-0.1, -0.05) is 0 Å². The molecular weight excluding hydrogens is 310 g/mol. The molecule has 3 heterocycles. The highest BCUT2D eigenvalue weighted by Crippen LogP contribution is 2.27. The maximum Gasteiger partial charge on any atom is 0.254 e. The number of nitrogen functional groups attached to an aromatic ring is 1. The monoisotopic (exact) mass is 329 g/mol. The number of carbonyl (C=O) groups is 1. The summed E-state index contributed by atoms with van der Waals surface area (Å²) >= 11 is 1.59. The maximum absolute atomic E-state index is 12.5. The van der Waals surface area contributed by atoms with Crippen LogP contribution in [0.1, 0.15) is 29.8 Å². The molecule has 7 heteroatoms. The summed E-state index contributed by atoms with van der Waals surface area (Å²) in [6.45, 7) is 7.26. The van der Waals surface area contributed by atoms with Crippen molar-refractivity contribution in [3.8, 4) is 10.7 Å². The van der Waals surface area contributed by atoms with Crippen LogP contribution in [0.4, 0.5) is 5.82 Å². The Bertz CT molecular complexity index is 863. The molecule has 2 N–H and O–H groups in total. The van der Waals surface area contributed by atoms with E-state index in [4.69, 9.17) is 5.73 Å². The molecular formula is C16H19N5OS. The summed E-state index contributed by atoms with van der Waals surface area (Å²) in [5.74, 6) is 1.00. The van der Waals surface area contributed by atoms with E-state index in [1.165, 1.54) is 0 Å². The normalized spacial score (nSPS) is 11.1. The van der Waals surface area contributed by atoms with E-state index in [2.05, 4.69) is 10.1 Å². The summed E-state index contributed by atoms with van der Waals surface area (Å²) in [6.07, 6.45) is 0. The van der Waals surface area contributed by atoms with E-state index in [0.29, 0.717) is 35.9 Å². The summed E-state index contributed by atoms with van der Waals surface area (Å²) in [5, 5.41) is 6.48. The van der Waals surface area contributed by atoms with Crippen LogP contribution in [-0.4, -0.2) is 38.5 Å². The molecule has 3 rings (SSSR count). The third-order valence-electron chi connectivity index (χ3n) is 3.83. The second-order valence-corrected chi connectivity index (χ2v) is 6.20. The number of aromatic nitrogens is 3. The molecule has 1 amide bonds. The molecule has 3 aromatic heterocycles. The molecule has 0 aromatic carbocycles. The highest BCUT2D eigenvalue weighted by Gasteiger charge is 2.17. The van der Waals surface area contributed by atoms with Crippen LogP contribution < -0.4 is 5.73 Å². The Kier molecular flexibility index (Phi) is 4.04. The fourth-order valence-corrected chi connectivity index (χ4v) is 3.38. The zero-order chi connectivity index (χ0) is 16.6. The number of rotatable bonds is 4. The van der Waals surface area contributed by atoms with E-state index in [9.17, 15) is 4.79 Å². The van der Waals surface area contributed by atoms with Gasteiger partial charge in [0.2, 0.25) is 0 Å². The molecule has 0 aliphatic rings. The molecule has 0 aliphatic heterocycles. The van der Waals surface area contributed by atoms with Gasteiger partial charge in [-0.15, -0.1) is 16.4 Å². The third kappa shape index (κ3) is 2.68. The van der Waals surface area contributed by atoms with Crippen LogP contribution in [0.15, 0.2) is 23.6 Å². The smallest absolute Gasteiger partial charge is 0.254 e. The number of amides is 1. The maximum atomic E-state index is 12.5. The van der Waals surface area contributed by atoms with Crippen molar-refractivity contribution >= 4 is 28.7 Å². The average molecular weight is 329 g/mol. The van der Waals surface area contributed by atoms with Crippen molar-refractivity contribution in [2.24, 2.45) is 0 Å². The number of thiophene rings is 1. The second kappa shape index (κ2) is 6.00. The fourth-order valence-electron chi connectivity index (χ4n) is 2.52. The topological polar surface area (TPSA) is 76.5 Å². The van der Waals surface area contributed by atoms with Gasteiger partial charge in [-0.2, -0.15) is 4.52 Å². The Hall–Kier alpha value is -2.41. The molecule has 0 radical (unpaired) electrons. The van der Waals surface area contributed by atoms with E-state index in [0.717, 1.165) is 10.4 Å². The number of pyridine rings is 1. The summed E-state index contributed by atoms with van der Waals surface area (Å²) in [7, 11) is 0. The quantitative estimate of drug-likeness (QED) is 0.798. The third-order valence-corrected chi connectivity index (χ3v) is 4.84. The van der Waals surface area contributed by atoms with E-state index >= 15 is 0 Å². The van der Waals surface area contributed by atoms with Crippen molar-refractivity contribution in [1.29, 1.82) is 0 Å². The first kappa shape index (κ1) is 15.5. The summed E-state index contributed by atoms with van der Waals surface area (Å²) < 4.78 is 1.58. The number of carbonyl (C=O) groups excluding carboxylic acids is 1. The van der Waals surface area contributed by atoms with Gasteiger partial charge >= 0.3 is 0 Å². The van der Waals surface area contributed by atoms with E-state index in [1.54, 1.807) is 32.9 Å². The standard InChI is InChI=1S/C16H19N5OS/c1-4-20(5-2)16(22)11-8-12(17)21-13(9-11)18-15(19-21)14-10(3)6-7-23-14/h6-9H,4-5,17H2,1-3H3. The Labute approximate surface area is 138 Å². The first-order valence-corrected chi connectivity index (χ1v) is 8.43. The SMILES string of the molecule is CCN(CC)C(=O)c1cc(N)n2nc(-c3sccc3C)nc2c1. The first-order chi connectivity index (χ1) is 11.0. The molecule has 0 fully saturated rings. The Morgan fingerprint density at radius 1 is 1.35 bits per heavy atom. The van der Waals surface area contributed by atoms with Crippen LogP contribution in [0.2, 0.25) is 0 Å². The number of nitrogens with two attached hydrogens (primary N) is 1. The number of hydrogen-bond donors (Lipinski definition) is 1. The van der Waals surface area contributed by atoms with Crippen LogP contribution in [0, 0.1) is 6.92 Å². The molecule has 0 saturated carbocycles. The number of aryl methyl sites for hydroxylation is 1. The Balaban J connectivity index is 2.08. The summed E-state index contributed by atoms with van der Waals surface area (Å²) in [4.78, 5) is 19.8. The van der Waals surface area contributed by atoms with Gasteiger partial charge in [0.15, 0.2) is 11.5 Å². The molecule has 120 valence electrons. The molecule has 0 spiro atoms. The lowest BCUT2D eigenvalue weighted by atomic mass is 10.2. The highest BCUT2D eigenvalue weighted by atomic mass is 32.1. The van der Waals surface area contributed by atoms with Crippen molar-refractivity contribution < 1.29 is 4.79 Å². The minimum Gasteiger partial charge on any atom is -0.384 e. The van der Waals surface area contributed by atoms with Crippen molar-refractivity contribution in [1.82, 2.24) is 19.5 Å². The Morgan fingerprint density at radius 2 is 2.09 bits per heavy atom. The molecule has 0 atom stereocenters. The second-order valence-electron chi connectivity index (χ2n) is 5.28. The predicted octanol–water partition coefficient (Wildman–Crippen LogP) is 2.83. The van der Waals surface area contributed by atoms with Gasteiger partial charge in [0.1, 0.15) is 5.82 Å². The average Bonchev–Trinajstić information content (AvgIpc) is 3.14. The largest absolute Gasteiger partial charge is 0.384 e. The van der Waals surface area contributed by atoms with Gasteiger partial charge in [-0.05, 0) is 49.9 Å². The van der Waals surface area contributed by atoms with Gasteiger partial charge in [-0.3, -0.25) is 4.79 Å². The molecule has 0 unspecified atom stereocenters. The zero-order valence-electron chi connectivity index (χ0n) is 13.4. The molecule has 23 heavy (non-hydrogen) atoms. The van der Waals surface area contributed by atoms with Crippen molar-refractivity contribution in [2.45, 2.75) is 20.8 Å². The van der Waals surface area contributed by atoms with Crippen molar-refractivity contribution in [3.05, 3.63) is 34.7 Å². The zero-order valence-corrected chi connectivity index (χ0v) is 14.2. The predicted molar refractivity (Wildman–Crippen MR) is 92.7 cm³/mol. The fraction of sp³-hybridized carbons (Fsp3) is 0.312. The Morgan fingerprint density at radius 3 is 2.70 bits per heavy atom. The molecule has 3 aromatic rings. The van der Waals surface area contributed by atoms with Crippen LogP contribution in [0.5, 0.6) is 0 Å². The van der Waals surface area contributed by atoms with E-state index in [1.807, 2.05) is 32.2 Å². The first-order valence-electron chi connectivity index (χ1n) is 7.55. The van der Waals surface area contributed by atoms with E-state index < -0.39 is 0 Å². The van der Waals surface area contributed by atoms with Crippen molar-refractivity contribution in [3.63, 3.8) is 0 Å². The number of fused-ring (bicyclic) bond motifs is 1. The summed E-state index contributed by atoms with van der Waals surface area (Å²) in [5.41, 5.74) is 8.33. The van der Waals surface area contributed by atoms with Crippen LogP contribution in [0.25, 0.3) is 16.3 Å². The van der Waals surface area contributed by atoms with Crippen LogP contribution in [0.3, 0.4) is 0 Å². The van der Waals surface area contributed by atoms with Crippen LogP contribution in [-0.2, 0) is 0 Å². The van der Waals surface area contributed by atoms with Crippen LogP contribution >= 0.6 is 11.3 Å². The number of anilines is 1. The molecule has 0 aliphatic carbocycles. The minimum atomic E-state index is -0.0407. The molecule has 6 nitrogen and oxygen atoms in total. The van der Waals surface area contributed by atoms with E-state index in [-0.39, 0.29) is 5.91 Å². The number of nitrogens with zero attached hydrogens (tertiary/aromatic N) is 4. The lowest BCUT2D eigenvalue weighted by Crippen LogP contribution is -2.30. The number of hydrogen-bond acceptors (Lipinski definition) is 5. The van der Waals surface area contributed by atoms with Gasteiger partial charge in [-0.25, -0.2) is 4.98 Å². The van der Waals surface area contributed by atoms with Crippen molar-refractivity contribution in [2.75, 3.05) is 18.8 Å². The van der Waals surface area contributed by atoms with Gasteiger partial charge in [0.25, 0.3) is 5.91 Å². The molecule has 0 saturated heterocycles. The van der Waals surface area contributed by atoms with Gasteiger partial charge in [0, 0.05) is 18.7 Å². The lowest BCUT2D eigenvalue weighted by molar-refractivity contribution is 0.0773. The lowest BCUT2D eigenvalue weighted by Gasteiger charge is -2.18.